The van der Waals surface area contributed by atoms with E-state index in [4.69, 9.17) is 5.11 Å². The minimum atomic E-state index is -0.385. The van der Waals surface area contributed by atoms with Crippen LogP contribution in [0.5, 0.6) is 0 Å². The minimum Gasteiger partial charge on any atom is -0.396 e. The van der Waals surface area contributed by atoms with Gasteiger partial charge < -0.3 is 10.0 Å². The van der Waals surface area contributed by atoms with Gasteiger partial charge in [-0.15, -0.1) is 0 Å². The minimum absolute atomic E-state index is 0.231. The fourth-order valence-corrected chi connectivity index (χ4v) is 3.19. The van der Waals surface area contributed by atoms with E-state index in [9.17, 15) is 8.78 Å². The third-order valence-electron chi connectivity index (χ3n) is 4.57. The van der Waals surface area contributed by atoms with E-state index >= 15 is 0 Å². The number of hydrogen-bond acceptors (Lipinski definition) is 5. The molecule has 136 valence electrons. The van der Waals surface area contributed by atoms with Gasteiger partial charge in [0.25, 0.3) is 0 Å². The first-order valence-electron chi connectivity index (χ1n) is 8.70. The Morgan fingerprint density at radius 2 is 1.76 bits per heavy atom. The van der Waals surface area contributed by atoms with Gasteiger partial charge in [0.05, 0.1) is 12.4 Å². The number of rotatable bonds is 6. The summed E-state index contributed by atoms with van der Waals surface area (Å²) in [4.78, 5) is 6.65. The Balaban J connectivity index is 1.65. The number of hydrazine groups is 1. The Kier molecular flexibility index (Phi) is 6.12. The summed E-state index contributed by atoms with van der Waals surface area (Å²) in [6.07, 6.45) is 4.11. The first-order valence-corrected chi connectivity index (χ1v) is 8.70. The summed E-state index contributed by atoms with van der Waals surface area (Å²) in [5.74, 6) is -0.683. The number of allylic oxidation sites excluding steroid dienone is 1. The highest BCUT2D eigenvalue weighted by molar-refractivity contribution is 5.76. The maximum absolute atomic E-state index is 13.8. The van der Waals surface area contributed by atoms with E-state index in [-0.39, 0.29) is 24.4 Å². The van der Waals surface area contributed by atoms with Crippen LogP contribution in [0.1, 0.15) is 24.6 Å². The van der Waals surface area contributed by atoms with Crippen molar-refractivity contribution in [1.29, 1.82) is 0 Å². The van der Waals surface area contributed by atoms with E-state index in [1.807, 2.05) is 5.01 Å². The van der Waals surface area contributed by atoms with E-state index in [0.717, 1.165) is 51.1 Å². The van der Waals surface area contributed by atoms with E-state index in [1.54, 1.807) is 12.1 Å². The van der Waals surface area contributed by atoms with Crippen LogP contribution in [0.4, 0.5) is 8.78 Å². The number of aliphatic hydroxyl groups is 1. The molecule has 0 amide bonds. The number of nitrogens with zero attached hydrogens (tertiary/aromatic N) is 4. The van der Waals surface area contributed by atoms with Crippen molar-refractivity contribution in [3.05, 3.63) is 47.7 Å². The molecule has 0 bridgehead atoms. The third kappa shape index (κ3) is 4.62. The number of unbranched alkanes of at least 4 members (excludes halogenated alkanes) is 1. The van der Waals surface area contributed by atoms with Crippen molar-refractivity contribution in [2.45, 2.75) is 19.0 Å². The van der Waals surface area contributed by atoms with Crippen molar-refractivity contribution in [3.8, 4) is 0 Å². The van der Waals surface area contributed by atoms with Gasteiger partial charge in [0.1, 0.15) is 5.82 Å². The molecule has 1 aromatic carbocycles. The molecule has 7 heteroatoms. The van der Waals surface area contributed by atoms with Crippen LogP contribution in [-0.4, -0.2) is 65.6 Å². The van der Waals surface area contributed by atoms with Crippen LogP contribution in [0.25, 0.3) is 0 Å². The monoisotopic (exact) mass is 350 g/mol. The van der Waals surface area contributed by atoms with E-state index in [0.29, 0.717) is 0 Å². The summed E-state index contributed by atoms with van der Waals surface area (Å²) in [5.41, 5.74) is 0.826. The predicted molar refractivity (Wildman–Crippen MR) is 93.0 cm³/mol. The number of benzene rings is 1. The topological polar surface area (TPSA) is 42.3 Å². The molecule has 2 aliphatic heterocycles. The molecule has 2 heterocycles. The molecule has 1 unspecified atom stereocenters. The van der Waals surface area contributed by atoms with Gasteiger partial charge in [-0.2, -0.15) is 0 Å². The number of piperazine rings is 1. The van der Waals surface area contributed by atoms with E-state index in [2.05, 4.69) is 14.9 Å². The highest BCUT2D eigenvalue weighted by Crippen LogP contribution is 2.29. The number of halogens is 2. The van der Waals surface area contributed by atoms with Gasteiger partial charge in [-0.1, -0.05) is 12.1 Å². The molecule has 1 saturated heterocycles. The lowest BCUT2D eigenvalue weighted by Crippen LogP contribution is -2.53. The van der Waals surface area contributed by atoms with Gasteiger partial charge in [0, 0.05) is 32.8 Å². The predicted octanol–water partition coefficient (Wildman–Crippen LogP) is 2.33. The molecule has 1 atom stereocenters. The molecular weight excluding hydrogens is 326 g/mol. The van der Waals surface area contributed by atoms with E-state index in [1.165, 1.54) is 24.5 Å². The average Bonchev–Trinajstić information content (AvgIpc) is 2.63. The fraction of sp³-hybridized carbons (Fsp3) is 0.500. The fourth-order valence-electron chi connectivity index (χ4n) is 3.19. The lowest BCUT2D eigenvalue weighted by molar-refractivity contribution is -0.0510. The number of aliphatic imine (C=N–C) groups is 1. The van der Waals surface area contributed by atoms with Crippen molar-refractivity contribution in [3.63, 3.8) is 0 Å². The SMILES string of the molecule is OCCCCN1CCN(N2C=C(F)C=NC2c2ccc(F)cc2)CC1. The van der Waals surface area contributed by atoms with Crippen LogP contribution in [0.3, 0.4) is 0 Å². The third-order valence-corrected chi connectivity index (χ3v) is 4.57. The second kappa shape index (κ2) is 8.51. The maximum atomic E-state index is 13.8. The Labute approximate surface area is 146 Å². The molecule has 2 aliphatic rings. The highest BCUT2D eigenvalue weighted by atomic mass is 19.1. The first kappa shape index (κ1) is 18.0. The van der Waals surface area contributed by atoms with Gasteiger partial charge in [-0.05, 0) is 37.1 Å². The lowest BCUT2D eigenvalue weighted by atomic mass is 10.1. The molecule has 0 saturated carbocycles. The Morgan fingerprint density at radius 1 is 1.04 bits per heavy atom. The lowest BCUT2D eigenvalue weighted by Gasteiger charge is -2.43. The van der Waals surface area contributed by atoms with Gasteiger partial charge in [-0.3, -0.25) is 10.0 Å². The number of hydrogen-bond donors (Lipinski definition) is 1. The molecule has 5 nitrogen and oxygen atoms in total. The molecule has 0 radical (unpaired) electrons. The summed E-state index contributed by atoms with van der Waals surface area (Å²) < 4.78 is 27.0. The summed E-state index contributed by atoms with van der Waals surface area (Å²) in [5, 5.41) is 12.8. The van der Waals surface area contributed by atoms with Crippen LogP contribution in [0.2, 0.25) is 0 Å². The van der Waals surface area contributed by atoms with Crippen molar-refractivity contribution in [1.82, 2.24) is 14.9 Å². The van der Waals surface area contributed by atoms with Crippen molar-refractivity contribution >= 4 is 6.21 Å². The molecule has 25 heavy (non-hydrogen) atoms. The second-order valence-electron chi connectivity index (χ2n) is 6.32. The molecule has 3 rings (SSSR count). The van der Waals surface area contributed by atoms with Crippen molar-refractivity contribution in [2.75, 3.05) is 39.3 Å². The zero-order valence-electron chi connectivity index (χ0n) is 14.2. The van der Waals surface area contributed by atoms with Gasteiger partial charge in [-0.25, -0.2) is 13.8 Å². The molecular formula is C18H24F2N4O. The standard InChI is InChI=1S/C18H24F2N4O/c19-16-5-3-15(4-6-16)18-21-13-17(20)14-24(18)23-10-8-22(9-11-23)7-1-2-12-25/h3-6,13-14,18,25H,1-2,7-12H2. The first-order chi connectivity index (χ1) is 12.2. The number of aliphatic hydroxyl groups excluding tert-OH is 1. The highest BCUT2D eigenvalue weighted by Gasteiger charge is 2.28. The molecule has 0 aromatic heterocycles. The van der Waals surface area contributed by atoms with Crippen LogP contribution in [0.15, 0.2) is 41.3 Å². The van der Waals surface area contributed by atoms with E-state index < -0.39 is 0 Å². The van der Waals surface area contributed by atoms with Crippen LogP contribution < -0.4 is 0 Å². The molecule has 0 spiro atoms. The van der Waals surface area contributed by atoms with Gasteiger partial charge in [0.15, 0.2) is 12.0 Å². The van der Waals surface area contributed by atoms with Crippen LogP contribution in [-0.2, 0) is 0 Å². The summed E-state index contributed by atoms with van der Waals surface area (Å²) in [6.45, 7) is 4.52. The smallest absolute Gasteiger partial charge is 0.160 e. The Morgan fingerprint density at radius 3 is 2.44 bits per heavy atom. The van der Waals surface area contributed by atoms with Crippen molar-refractivity contribution < 1.29 is 13.9 Å². The van der Waals surface area contributed by atoms with Gasteiger partial charge >= 0.3 is 0 Å². The molecule has 1 N–H and O–H groups in total. The van der Waals surface area contributed by atoms with Crippen molar-refractivity contribution in [2.24, 2.45) is 4.99 Å². The maximum Gasteiger partial charge on any atom is 0.160 e. The normalized spacial score (nSPS) is 22.3. The quantitative estimate of drug-likeness (QED) is 0.800. The van der Waals surface area contributed by atoms with Crippen LogP contribution in [0, 0.1) is 5.82 Å². The molecule has 0 aliphatic carbocycles. The molecule has 1 fully saturated rings. The second-order valence-corrected chi connectivity index (χ2v) is 6.32. The largest absolute Gasteiger partial charge is 0.396 e. The summed E-state index contributed by atoms with van der Waals surface area (Å²) in [6, 6.07) is 6.17. The average molecular weight is 350 g/mol. The van der Waals surface area contributed by atoms with Crippen LogP contribution >= 0.6 is 0 Å². The Hall–Kier alpha value is -1.83. The zero-order chi connectivity index (χ0) is 17.6. The molecule has 1 aromatic rings. The summed E-state index contributed by atoms with van der Waals surface area (Å²) in [7, 11) is 0. The zero-order valence-corrected chi connectivity index (χ0v) is 14.2. The van der Waals surface area contributed by atoms with Gasteiger partial charge in [0.2, 0.25) is 0 Å². The summed E-state index contributed by atoms with van der Waals surface area (Å²) >= 11 is 0. The Bertz CT molecular complexity index is 612.